The molecule has 0 heterocycles. The molecule has 0 aromatic heterocycles. The van der Waals surface area contributed by atoms with Crippen molar-refractivity contribution in [1.29, 1.82) is 0 Å². The first-order valence-corrected chi connectivity index (χ1v) is 3.35. The van der Waals surface area contributed by atoms with E-state index in [0.717, 1.165) is 6.42 Å². The van der Waals surface area contributed by atoms with E-state index in [0.29, 0.717) is 6.54 Å². The lowest BCUT2D eigenvalue weighted by atomic mass is 9.85. The first-order chi connectivity index (χ1) is 4.74. The van der Waals surface area contributed by atoms with Gasteiger partial charge in [-0.3, -0.25) is 0 Å². The zero-order chi connectivity index (χ0) is 8.04. The summed E-state index contributed by atoms with van der Waals surface area (Å²) in [6.07, 6.45) is 6.29. The maximum atomic E-state index is 5.40. The molecule has 0 saturated heterocycles. The van der Waals surface area contributed by atoms with Gasteiger partial charge in [-0.2, -0.15) is 0 Å². The van der Waals surface area contributed by atoms with Gasteiger partial charge in [-0.05, 0) is 13.0 Å². The lowest BCUT2D eigenvalue weighted by molar-refractivity contribution is 0.578. The van der Waals surface area contributed by atoms with Crippen molar-refractivity contribution < 1.29 is 0 Å². The lowest BCUT2D eigenvalue weighted by Gasteiger charge is -2.20. The van der Waals surface area contributed by atoms with E-state index in [1.807, 2.05) is 18.2 Å². The molecule has 2 N–H and O–H groups in total. The minimum atomic E-state index is -0.158. The summed E-state index contributed by atoms with van der Waals surface area (Å²) in [7, 11) is 0. The second kappa shape index (κ2) is 4.07. The van der Waals surface area contributed by atoms with E-state index < -0.39 is 0 Å². The Bertz CT molecular complexity index is 114. The van der Waals surface area contributed by atoms with Gasteiger partial charge in [0.25, 0.3) is 0 Å². The quantitative estimate of drug-likeness (QED) is 0.575. The van der Waals surface area contributed by atoms with Crippen LogP contribution >= 0.6 is 0 Å². The Balaban J connectivity index is 4.29. The average molecular weight is 137 g/mol. The smallest absolute Gasteiger partial charge is 0.0246 e. The number of nitrogens with two attached hydrogens (primary N) is 1. The molecule has 0 radical (unpaired) electrons. The van der Waals surface area contributed by atoms with Crippen LogP contribution in [0.2, 0.25) is 0 Å². The maximum Gasteiger partial charge on any atom is 0.0246 e. The Labute approximate surface area is 62.9 Å². The van der Waals surface area contributed by atoms with Crippen LogP contribution in [0.4, 0.5) is 0 Å². The number of hydrogen-bond donors (Lipinski definition) is 1. The van der Waals surface area contributed by atoms with Crippen molar-refractivity contribution in [2.24, 2.45) is 11.1 Å². The Hall–Kier alpha value is -0.820. The molecular formula is C9H15N. The molecule has 1 heteroatoms. The fourth-order valence-corrected chi connectivity index (χ4v) is 0.806. The molecule has 0 aliphatic heterocycles. The highest BCUT2D eigenvalue weighted by atomic mass is 14.5. The monoisotopic (exact) mass is 137 g/mol. The molecule has 0 unspecified atom stereocenters. The summed E-state index contributed by atoms with van der Waals surface area (Å²) >= 11 is 0. The van der Waals surface area contributed by atoms with E-state index in [2.05, 4.69) is 19.7 Å². The van der Waals surface area contributed by atoms with Crippen LogP contribution in [0.15, 0.2) is 38.0 Å². The molecule has 0 aliphatic rings. The predicted molar refractivity (Wildman–Crippen MR) is 46.7 cm³/mol. The van der Waals surface area contributed by atoms with Crippen molar-refractivity contribution in [3.8, 4) is 0 Å². The van der Waals surface area contributed by atoms with Gasteiger partial charge in [-0.1, -0.05) is 18.2 Å². The third-order valence-electron chi connectivity index (χ3n) is 1.72. The summed E-state index contributed by atoms with van der Waals surface area (Å²) in [6.45, 7) is 11.7. The van der Waals surface area contributed by atoms with E-state index in [1.54, 1.807) is 0 Å². The first-order valence-electron chi connectivity index (χ1n) is 3.35. The Kier molecular flexibility index (Phi) is 3.74. The van der Waals surface area contributed by atoms with Gasteiger partial charge in [0.1, 0.15) is 0 Å². The molecule has 10 heavy (non-hydrogen) atoms. The van der Waals surface area contributed by atoms with Crippen molar-refractivity contribution in [2.45, 2.75) is 6.42 Å². The van der Waals surface area contributed by atoms with Crippen LogP contribution < -0.4 is 5.73 Å². The van der Waals surface area contributed by atoms with E-state index in [-0.39, 0.29) is 5.41 Å². The standard InChI is InChI=1S/C9H15N/c1-4-9(5-2,6-3)7-8-10/h4-6H,1-3,7-8,10H2. The number of hydrogen-bond acceptors (Lipinski definition) is 1. The van der Waals surface area contributed by atoms with Gasteiger partial charge in [0.15, 0.2) is 0 Å². The van der Waals surface area contributed by atoms with Crippen LogP contribution in [0.25, 0.3) is 0 Å². The lowest BCUT2D eigenvalue weighted by Crippen LogP contribution is -2.16. The Morgan fingerprint density at radius 2 is 1.50 bits per heavy atom. The summed E-state index contributed by atoms with van der Waals surface area (Å²) in [5.74, 6) is 0. The van der Waals surface area contributed by atoms with Gasteiger partial charge in [0, 0.05) is 5.41 Å². The van der Waals surface area contributed by atoms with E-state index in [1.165, 1.54) is 0 Å². The topological polar surface area (TPSA) is 26.0 Å². The summed E-state index contributed by atoms with van der Waals surface area (Å²) in [4.78, 5) is 0. The van der Waals surface area contributed by atoms with Crippen LogP contribution in [0.5, 0.6) is 0 Å². The van der Waals surface area contributed by atoms with Crippen LogP contribution in [0.3, 0.4) is 0 Å². The van der Waals surface area contributed by atoms with Gasteiger partial charge < -0.3 is 5.73 Å². The molecule has 0 amide bonds. The molecule has 56 valence electrons. The molecule has 0 atom stereocenters. The molecule has 0 spiro atoms. The highest BCUT2D eigenvalue weighted by Crippen LogP contribution is 2.24. The largest absolute Gasteiger partial charge is 0.330 e. The van der Waals surface area contributed by atoms with Crippen LogP contribution in [0, 0.1) is 5.41 Å². The van der Waals surface area contributed by atoms with Crippen LogP contribution in [-0.2, 0) is 0 Å². The molecule has 1 nitrogen and oxygen atoms in total. The average Bonchev–Trinajstić information content (AvgIpc) is 2.01. The molecular weight excluding hydrogens is 122 g/mol. The second-order valence-corrected chi connectivity index (χ2v) is 2.26. The molecule has 0 rings (SSSR count). The predicted octanol–water partition coefficient (Wildman–Crippen LogP) is 1.88. The second-order valence-electron chi connectivity index (χ2n) is 2.26. The number of rotatable bonds is 5. The first kappa shape index (κ1) is 9.18. The van der Waals surface area contributed by atoms with Gasteiger partial charge in [-0.15, -0.1) is 19.7 Å². The van der Waals surface area contributed by atoms with Crippen molar-refractivity contribution in [3.63, 3.8) is 0 Å². The fraction of sp³-hybridized carbons (Fsp3) is 0.333. The van der Waals surface area contributed by atoms with Crippen LogP contribution in [0.1, 0.15) is 6.42 Å². The van der Waals surface area contributed by atoms with Gasteiger partial charge in [0.2, 0.25) is 0 Å². The van der Waals surface area contributed by atoms with Crippen molar-refractivity contribution in [1.82, 2.24) is 0 Å². The number of allylic oxidation sites excluding steroid dienone is 3. The highest BCUT2D eigenvalue weighted by Gasteiger charge is 2.15. The summed E-state index contributed by atoms with van der Waals surface area (Å²) in [6, 6.07) is 0. The third kappa shape index (κ3) is 1.85. The molecule has 0 aliphatic carbocycles. The summed E-state index contributed by atoms with van der Waals surface area (Å²) < 4.78 is 0. The third-order valence-corrected chi connectivity index (χ3v) is 1.72. The molecule has 0 saturated carbocycles. The Morgan fingerprint density at radius 1 is 1.10 bits per heavy atom. The highest BCUT2D eigenvalue weighted by molar-refractivity contribution is 5.15. The summed E-state index contributed by atoms with van der Waals surface area (Å²) in [5, 5.41) is 0. The van der Waals surface area contributed by atoms with Crippen LogP contribution in [-0.4, -0.2) is 6.54 Å². The van der Waals surface area contributed by atoms with E-state index in [4.69, 9.17) is 5.73 Å². The molecule has 0 bridgehead atoms. The van der Waals surface area contributed by atoms with E-state index >= 15 is 0 Å². The zero-order valence-corrected chi connectivity index (χ0v) is 6.34. The fourth-order valence-electron chi connectivity index (χ4n) is 0.806. The summed E-state index contributed by atoms with van der Waals surface area (Å²) in [5.41, 5.74) is 5.24. The minimum Gasteiger partial charge on any atom is -0.330 e. The SMILES string of the molecule is C=CC(C=C)(C=C)CCN. The van der Waals surface area contributed by atoms with Gasteiger partial charge in [-0.25, -0.2) is 0 Å². The maximum absolute atomic E-state index is 5.40. The van der Waals surface area contributed by atoms with Crippen molar-refractivity contribution >= 4 is 0 Å². The van der Waals surface area contributed by atoms with Crippen molar-refractivity contribution in [3.05, 3.63) is 38.0 Å². The Morgan fingerprint density at radius 3 is 1.60 bits per heavy atom. The molecule has 0 aromatic carbocycles. The van der Waals surface area contributed by atoms with Crippen molar-refractivity contribution in [2.75, 3.05) is 6.54 Å². The van der Waals surface area contributed by atoms with E-state index in [9.17, 15) is 0 Å². The normalized spacial score (nSPS) is 10.5. The minimum absolute atomic E-state index is 0.158. The van der Waals surface area contributed by atoms with Gasteiger partial charge >= 0.3 is 0 Å². The molecule has 0 aromatic rings. The zero-order valence-electron chi connectivity index (χ0n) is 6.34. The molecule has 0 fully saturated rings. The van der Waals surface area contributed by atoms with Gasteiger partial charge in [0.05, 0.1) is 0 Å².